The number of hydrogen-bond acceptors (Lipinski definition) is 5. The van der Waals surface area contributed by atoms with E-state index in [1.54, 1.807) is 0 Å². The van der Waals surface area contributed by atoms with Gasteiger partial charge in [0, 0.05) is 35.5 Å². The minimum absolute atomic E-state index is 0.522. The van der Waals surface area contributed by atoms with Gasteiger partial charge >= 0.3 is 0 Å². The summed E-state index contributed by atoms with van der Waals surface area (Å²) in [6.07, 6.45) is 1.17. The Balaban J connectivity index is 1.57. The van der Waals surface area contributed by atoms with E-state index in [0.29, 0.717) is 6.04 Å². The van der Waals surface area contributed by atoms with E-state index in [1.807, 2.05) is 5.38 Å². The molecule has 0 amide bonds. The molecule has 1 saturated heterocycles. The van der Waals surface area contributed by atoms with E-state index in [9.17, 15) is 0 Å². The molecular weight excluding hydrogens is 324 g/mol. The third-order valence-corrected chi connectivity index (χ3v) is 4.58. The summed E-state index contributed by atoms with van der Waals surface area (Å²) in [5.41, 5.74) is 2.31. The van der Waals surface area contributed by atoms with Gasteiger partial charge in [0.25, 0.3) is 0 Å². The van der Waals surface area contributed by atoms with E-state index in [2.05, 4.69) is 60.0 Å². The van der Waals surface area contributed by atoms with Crippen LogP contribution >= 0.6 is 27.5 Å². The maximum absolute atomic E-state index is 4.05. The van der Waals surface area contributed by atoms with Crippen molar-refractivity contribution in [3.05, 3.63) is 39.8 Å². The fourth-order valence-electron chi connectivity index (χ4n) is 2.36. The summed E-state index contributed by atoms with van der Waals surface area (Å²) in [4.78, 5) is 2.42. The summed E-state index contributed by atoms with van der Waals surface area (Å²) in [6.45, 7) is 2.95. The Bertz CT molecular complexity index is 531. The normalized spacial score (nSPS) is 19.0. The molecule has 3 rings (SSSR count). The Morgan fingerprint density at radius 2 is 2.32 bits per heavy atom. The highest BCUT2D eigenvalue weighted by Crippen LogP contribution is 2.28. The molecular formula is C13H15BrN4S. The molecule has 0 spiro atoms. The van der Waals surface area contributed by atoms with Crippen LogP contribution in [-0.4, -0.2) is 28.7 Å². The number of aromatic nitrogens is 2. The van der Waals surface area contributed by atoms with Crippen LogP contribution in [0.1, 0.15) is 12.1 Å². The zero-order valence-electron chi connectivity index (χ0n) is 10.4. The van der Waals surface area contributed by atoms with Crippen LogP contribution < -0.4 is 10.2 Å². The first-order chi connectivity index (χ1) is 9.33. The topological polar surface area (TPSA) is 41.0 Å². The molecule has 1 atom stereocenters. The van der Waals surface area contributed by atoms with Crippen LogP contribution in [0, 0.1) is 0 Å². The van der Waals surface area contributed by atoms with Gasteiger partial charge in [0.2, 0.25) is 0 Å². The van der Waals surface area contributed by atoms with E-state index in [-0.39, 0.29) is 0 Å². The van der Waals surface area contributed by atoms with E-state index in [0.717, 1.165) is 25.3 Å². The van der Waals surface area contributed by atoms with Crippen molar-refractivity contribution in [1.82, 2.24) is 14.9 Å². The molecule has 6 heteroatoms. The lowest BCUT2D eigenvalue weighted by molar-refractivity contribution is 0.545. The molecule has 0 saturated carbocycles. The highest BCUT2D eigenvalue weighted by Gasteiger charge is 2.23. The quantitative estimate of drug-likeness (QED) is 0.930. The van der Waals surface area contributed by atoms with Crippen LogP contribution in [0.3, 0.4) is 0 Å². The Hall–Kier alpha value is -0.980. The van der Waals surface area contributed by atoms with Gasteiger partial charge in [0.1, 0.15) is 0 Å². The predicted octanol–water partition coefficient (Wildman–Crippen LogP) is 2.67. The van der Waals surface area contributed by atoms with Crippen molar-refractivity contribution in [1.29, 1.82) is 0 Å². The van der Waals surface area contributed by atoms with Gasteiger partial charge in [-0.15, -0.1) is 5.10 Å². The van der Waals surface area contributed by atoms with Gasteiger partial charge in [-0.25, -0.2) is 0 Å². The molecule has 19 heavy (non-hydrogen) atoms. The van der Waals surface area contributed by atoms with Crippen LogP contribution in [-0.2, 0) is 6.54 Å². The van der Waals surface area contributed by atoms with Crippen molar-refractivity contribution in [2.24, 2.45) is 0 Å². The van der Waals surface area contributed by atoms with Gasteiger partial charge in [0.05, 0.1) is 11.4 Å². The molecule has 1 N–H and O–H groups in total. The number of hydrogen-bond donors (Lipinski definition) is 1. The van der Waals surface area contributed by atoms with Gasteiger partial charge in [-0.2, -0.15) is 0 Å². The first-order valence-electron chi connectivity index (χ1n) is 6.32. The maximum atomic E-state index is 4.05. The van der Waals surface area contributed by atoms with Gasteiger partial charge in [0.15, 0.2) is 0 Å². The van der Waals surface area contributed by atoms with E-state index in [4.69, 9.17) is 0 Å². The fourth-order valence-corrected chi connectivity index (χ4v) is 3.35. The van der Waals surface area contributed by atoms with Crippen molar-refractivity contribution in [3.8, 4) is 0 Å². The third kappa shape index (κ3) is 3.13. The molecule has 1 aliphatic heterocycles. The highest BCUT2D eigenvalue weighted by atomic mass is 79.9. The van der Waals surface area contributed by atoms with Gasteiger partial charge in [-0.05, 0) is 46.0 Å². The first-order valence-corrected chi connectivity index (χ1v) is 7.94. The summed E-state index contributed by atoms with van der Waals surface area (Å²) >= 11 is 5.02. The third-order valence-electron chi connectivity index (χ3n) is 3.36. The van der Waals surface area contributed by atoms with Crippen molar-refractivity contribution < 1.29 is 0 Å². The Labute approximate surface area is 125 Å². The molecule has 1 aromatic heterocycles. The van der Waals surface area contributed by atoms with E-state index < -0.39 is 0 Å². The van der Waals surface area contributed by atoms with E-state index >= 15 is 0 Å². The highest BCUT2D eigenvalue weighted by molar-refractivity contribution is 9.10. The number of halogens is 1. The molecule has 0 unspecified atom stereocenters. The van der Waals surface area contributed by atoms with Crippen LogP contribution in [0.15, 0.2) is 34.1 Å². The molecule has 0 bridgehead atoms. The minimum Gasteiger partial charge on any atom is -0.369 e. The lowest BCUT2D eigenvalue weighted by atomic mass is 10.2. The molecule has 2 aromatic rings. The van der Waals surface area contributed by atoms with Crippen LogP contribution in [0.5, 0.6) is 0 Å². The van der Waals surface area contributed by atoms with Gasteiger partial charge in [-0.3, -0.25) is 0 Å². The largest absolute Gasteiger partial charge is 0.369 e. The van der Waals surface area contributed by atoms with Crippen molar-refractivity contribution in [2.45, 2.75) is 19.0 Å². The SMILES string of the molecule is Brc1ccccc1N1CC[C@H](NCc2csnn2)C1. The van der Waals surface area contributed by atoms with Crippen LogP contribution in [0.2, 0.25) is 0 Å². The molecule has 100 valence electrons. The average molecular weight is 339 g/mol. The Morgan fingerprint density at radius 3 is 3.11 bits per heavy atom. The van der Waals surface area contributed by atoms with Gasteiger partial charge < -0.3 is 10.2 Å². The molecule has 0 radical (unpaired) electrons. The lowest BCUT2D eigenvalue weighted by Gasteiger charge is -2.20. The summed E-state index contributed by atoms with van der Waals surface area (Å²) in [5, 5.41) is 9.60. The second-order valence-electron chi connectivity index (χ2n) is 4.66. The molecule has 0 aliphatic carbocycles. The standard InChI is InChI=1S/C13H15BrN4S/c14-12-3-1-2-4-13(12)18-6-5-10(8-18)15-7-11-9-19-17-16-11/h1-4,9-10,15H,5-8H2/t10-/m0/s1. The number of benzene rings is 1. The number of nitrogens with one attached hydrogen (secondary N) is 1. The molecule has 1 fully saturated rings. The second kappa shape index (κ2) is 5.98. The summed E-state index contributed by atoms with van der Waals surface area (Å²) in [5.74, 6) is 0. The first kappa shape index (κ1) is 13.0. The average Bonchev–Trinajstić information content (AvgIpc) is 3.08. The van der Waals surface area contributed by atoms with Crippen molar-refractivity contribution in [3.63, 3.8) is 0 Å². The zero-order chi connectivity index (χ0) is 13.1. The van der Waals surface area contributed by atoms with Crippen LogP contribution in [0.4, 0.5) is 5.69 Å². The number of nitrogens with zero attached hydrogens (tertiary/aromatic N) is 3. The molecule has 1 aliphatic rings. The second-order valence-corrected chi connectivity index (χ2v) is 6.12. The van der Waals surface area contributed by atoms with E-state index in [1.165, 1.54) is 28.1 Å². The fraction of sp³-hybridized carbons (Fsp3) is 0.385. The Kier molecular flexibility index (Phi) is 4.10. The van der Waals surface area contributed by atoms with Crippen molar-refractivity contribution >= 4 is 33.1 Å². The number of para-hydroxylation sites is 1. The monoisotopic (exact) mass is 338 g/mol. The summed E-state index contributed by atoms with van der Waals surface area (Å²) in [6, 6.07) is 8.92. The molecule has 2 heterocycles. The predicted molar refractivity (Wildman–Crippen MR) is 81.5 cm³/mol. The Morgan fingerprint density at radius 1 is 1.42 bits per heavy atom. The molecule has 4 nitrogen and oxygen atoms in total. The van der Waals surface area contributed by atoms with Gasteiger partial charge in [-0.1, -0.05) is 16.6 Å². The summed E-state index contributed by atoms with van der Waals surface area (Å²) < 4.78 is 5.04. The number of anilines is 1. The summed E-state index contributed by atoms with van der Waals surface area (Å²) in [7, 11) is 0. The smallest absolute Gasteiger partial charge is 0.0893 e. The number of rotatable bonds is 4. The maximum Gasteiger partial charge on any atom is 0.0893 e. The lowest BCUT2D eigenvalue weighted by Crippen LogP contribution is -2.32. The van der Waals surface area contributed by atoms with Crippen LogP contribution in [0.25, 0.3) is 0 Å². The zero-order valence-corrected chi connectivity index (χ0v) is 12.8. The van der Waals surface area contributed by atoms with Crippen molar-refractivity contribution in [2.75, 3.05) is 18.0 Å². The minimum atomic E-state index is 0.522. The molecule has 1 aromatic carbocycles.